The molecule has 0 atom stereocenters. The summed E-state index contributed by atoms with van der Waals surface area (Å²) < 4.78 is 10.6. The molecular weight excluding hydrogens is 250 g/mol. The van der Waals surface area contributed by atoms with Gasteiger partial charge in [0.15, 0.2) is 11.5 Å². The maximum Gasteiger partial charge on any atom is 0.273 e. The lowest BCUT2D eigenvalue weighted by molar-refractivity contribution is -0.384. The minimum absolute atomic E-state index is 0.0709. The highest BCUT2D eigenvalue weighted by Crippen LogP contribution is 2.34. The summed E-state index contributed by atoms with van der Waals surface area (Å²) in [6, 6.07) is 7.26. The predicted molar refractivity (Wildman–Crippen MR) is 68.4 cm³/mol. The van der Waals surface area contributed by atoms with Gasteiger partial charge in [-0.05, 0) is 12.1 Å². The molecule has 1 aromatic carbocycles. The van der Waals surface area contributed by atoms with Crippen molar-refractivity contribution in [3.63, 3.8) is 0 Å². The van der Waals surface area contributed by atoms with Gasteiger partial charge in [-0.2, -0.15) is 0 Å². The molecule has 0 aliphatic carbocycles. The number of nitrogen functional groups attached to an aromatic ring is 1. The monoisotopic (exact) mass is 261 g/mol. The van der Waals surface area contributed by atoms with Gasteiger partial charge >= 0.3 is 0 Å². The van der Waals surface area contributed by atoms with Gasteiger partial charge in [0.1, 0.15) is 11.6 Å². The van der Waals surface area contributed by atoms with Crippen LogP contribution in [0.15, 0.2) is 36.5 Å². The van der Waals surface area contributed by atoms with Crippen molar-refractivity contribution in [2.24, 2.45) is 0 Å². The van der Waals surface area contributed by atoms with Crippen LogP contribution in [0.5, 0.6) is 17.2 Å². The molecule has 0 radical (unpaired) electrons. The van der Waals surface area contributed by atoms with Crippen LogP contribution >= 0.6 is 0 Å². The molecule has 98 valence electrons. The lowest BCUT2D eigenvalue weighted by Gasteiger charge is -2.10. The summed E-state index contributed by atoms with van der Waals surface area (Å²) in [4.78, 5) is 14.0. The number of nitrogens with zero attached hydrogens (tertiary/aromatic N) is 2. The molecule has 0 saturated carbocycles. The second kappa shape index (κ2) is 5.21. The van der Waals surface area contributed by atoms with Crippen LogP contribution in [0.2, 0.25) is 0 Å². The Hall–Kier alpha value is -2.83. The first kappa shape index (κ1) is 12.6. The Balaban J connectivity index is 2.32. The number of rotatable bonds is 4. The van der Waals surface area contributed by atoms with Gasteiger partial charge in [-0.1, -0.05) is 0 Å². The third-order valence-corrected chi connectivity index (χ3v) is 2.34. The molecule has 0 aliphatic rings. The topological polar surface area (TPSA) is 101 Å². The number of pyridine rings is 1. The Labute approximate surface area is 108 Å². The van der Waals surface area contributed by atoms with E-state index >= 15 is 0 Å². The Kier molecular flexibility index (Phi) is 3.46. The van der Waals surface area contributed by atoms with Crippen LogP contribution in [-0.4, -0.2) is 17.0 Å². The fourth-order valence-corrected chi connectivity index (χ4v) is 1.47. The van der Waals surface area contributed by atoms with Crippen molar-refractivity contribution in [2.45, 2.75) is 0 Å². The van der Waals surface area contributed by atoms with Crippen molar-refractivity contribution in [1.29, 1.82) is 0 Å². The highest BCUT2D eigenvalue weighted by atomic mass is 16.6. The lowest BCUT2D eigenvalue weighted by atomic mass is 10.3. The molecule has 0 amide bonds. The second-order valence-corrected chi connectivity index (χ2v) is 3.61. The molecule has 0 unspecified atom stereocenters. The van der Waals surface area contributed by atoms with E-state index in [-0.39, 0.29) is 11.4 Å². The molecular formula is C12H11N3O4. The first-order valence-electron chi connectivity index (χ1n) is 5.32. The molecule has 2 aromatic rings. The Morgan fingerprint density at radius 3 is 2.68 bits per heavy atom. The Morgan fingerprint density at radius 1 is 1.26 bits per heavy atom. The molecule has 0 saturated heterocycles. The number of hydrogen-bond donors (Lipinski definition) is 1. The van der Waals surface area contributed by atoms with Crippen molar-refractivity contribution in [3.05, 3.63) is 46.6 Å². The molecule has 1 aromatic heterocycles. The van der Waals surface area contributed by atoms with Crippen molar-refractivity contribution in [2.75, 3.05) is 12.8 Å². The maximum absolute atomic E-state index is 10.7. The number of ether oxygens (including phenoxy) is 2. The normalized spacial score (nSPS) is 9.95. The molecule has 0 aliphatic heterocycles. The summed E-state index contributed by atoms with van der Waals surface area (Å²) in [6.45, 7) is 0. The number of anilines is 1. The average Bonchev–Trinajstić information content (AvgIpc) is 2.39. The molecule has 2 N–H and O–H groups in total. The summed E-state index contributed by atoms with van der Waals surface area (Å²) in [7, 11) is 1.41. The molecule has 19 heavy (non-hydrogen) atoms. The summed E-state index contributed by atoms with van der Waals surface area (Å²) in [5.74, 6) is 1.42. The number of hydrogen-bond acceptors (Lipinski definition) is 6. The van der Waals surface area contributed by atoms with Crippen molar-refractivity contribution < 1.29 is 14.4 Å². The van der Waals surface area contributed by atoms with E-state index in [4.69, 9.17) is 15.2 Å². The van der Waals surface area contributed by atoms with Crippen molar-refractivity contribution >= 4 is 11.5 Å². The SMILES string of the molecule is COc1cc([N+](=O)[O-])ccc1Oc1ccnc(N)c1. The van der Waals surface area contributed by atoms with Gasteiger partial charge in [0.05, 0.1) is 18.1 Å². The molecule has 2 rings (SSSR count). The Morgan fingerprint density at radius 2 is 2.05 bits per heavy atom. The molecule has 7 heteroatoms. The zero-order valence-corrected chi connectivity index (χ0v) is 10.1. The fraction of sp³-hybridized carbons (Fsp3) is 0.0833. The van der Waals surface area contributed by atoms with E-state index in [1.807, 2.05) is 0 Å². The van der Waals surface area contributed by atoms with Crippen LogP contribution in [0, 0.1) is 10.1 Å². The maximum atomic E-state index is 10.7. The standard InChI is InChI=1S/C12H11N3O4/c1-18-11-6-8(15(16)17)2-3-10(11)19-9-4-5-14-12(13)7-9/h2-7H,1H3,(H2,13,14). The third-order valence-electron chi connectivity index (χ3n) is 2.34. The zero-order chi connectivity index (χ0) is 13.8. The minimum Gasteiger partial charge on any atom is -0.493 e. The summed E-state index contributed by atoms with van der Waals surface area (Å²) >= 11 is 0. The summed E-state index contributed by atoms with van der Waals surface area (Å²) in [6.07, 6.45) is 1.50. The Bertz CT molecular complexity index is 616. The number of benzene rings is 1. The number of nitro benzene ring substituents is 1. The lowest BCUT2D eigenvalue weighted by Crippen LogP contribution is -1.95. The molecule has 1 heterocycles. The molecule has 7 nitrogen and oxygen atoms in total. The molecule has 0 spiro atoms. The van der Waals surface area contributed by atoms with E-state index in [2.05, 4.69) is 4.98 Å². The largest absolute Gasteiger partial charge is 0.493 e. The van der Waals surface area contributed by atoms with Gasteiger partial charge in [-0.25, -0.2) is 4.98 Å². The number of nitrogens with two attached hydrogens (primary N) is 1. The highest BCUT2D eigenvalue weighted by Gasteiger charge is 2.13. The quantitative estimate of drug-likeness (QED) is 0.669. The van der Waals surface area contributed by atoms with Gasteiger partial charge in [0.2, 0.25) is 0 Å². The smallest absolute Gasteiger partial charge is 0.273 e. The zero-order valence-electron chi connectivity index (χ0n) is 10.1. The van der Waals surface area contributed by atoms with E-state index in [0.29, 0.717) is 17.3 Å². The van der Waals surface area contributed by atoms with Gasteiger partial charge < -0.3 is 15.2 Å². The number of methoxy groups -OCH3 is 1. The van der Waals surface area contributed by atoms with Crippen molar-refractivity contribution in [3.8, 4) is 17.2 Å². The van der Waals surface area contributed by atoms with E-state index in [0.717, 1.165) is 0 Å². The van der Waals surface area contributed by atoms with Crippen LogP contribution in [0.1, 0.15) is 0 Å². The van der Waals surface area contributed by atoms with Crippen LogP contribution in [0.3, 0.4) is 0 Å². The van der Waals surface area contributed by atoms with Gasteiger partial charge in [0, 0.05) is 18.3 Å². The second-order valence-electron chi connectivity index (χ2n) is 3.61. The van der Waals surface area contributed by atoms with Crippen molar-refractivity contribution in [1.82, 2.24) is 4.98 Å². The highest BCUT2D eigenvalue weighted by molar-refractivity contribution is 5.50. The molecule has 0 fully saturated rings. The van der Waals surface area contributed by atoms with Crippen LogP contribution in [0.4, 0.5) is 11.5 Å². The number of nitro groups is 1. The number of non-ortho nitro benzene ring substituents is 1. The van der Waals surface area contributed by atoms with E-state index < -0.39 is 4.92 Å². The number of aromatic nitrogens is 1. The van der Waals surface area contributed by atoms with Crippen LogP contribution in [0.25, 0.3) is 0 Å². The first-order chi connectivity index (χ1) is 9.10. The predicted octanol–water partition coefficient (Wildman–Crippen LogP) is 2.37. The fourth-order valence-electron chi connectivity index (χ4n) is 1.47. The van der Waals surface area contributed by atoms with E-state index in [1.165, 1.54) is 31.5 Å². The molecule has 0 bridgehead atoms. The average molecular weight is 261 g/mol. The third kappa shape index (κ3) is 2.89. The van der Waals surface area contributed by atoms with Gasteiger partial charge in [0.25, 0.3) is 5.69 Å². The van der Waals surface area contributed by atoms with E-state index in [1.54, 1.807) is 12.1 Å². The van der Waals surface area contributed by atoms with Gasteiger partial charge in [-0.3, -0.25) is 10.1 Å². The van der Waals surface area contributed by atoms with Crippen LogP contribution in [-0.2, 0) is 0 Å². The van der Waals surface area contributed by atoms with Crippen LogP contribution < -0.4 is 15.2 Å². The van der Waals surface area contributed by atoms with E-state index in [9.17, 15) is 10.1 Å². The first-order valence-corrected chi connectivity index (χ1v) is 5.32. The minimum atomic E-state index is -0.503. The summed E-state index contributed by atoms with van der Waals surface area (Å²) in [5.41, 5.74) is 5.46. The van der Waals surface area contributed by atoms with Gasteiger partial charge in [-0.15, -0.1) is 0 Å². The summed E-state index contributed by atoms with van der Waals surface area (Å²) in [5, 5.41) is 10.7.